The predicted molar refractivity (Wildman–Crippen MR) is 98.5 cm³/mol. The van der Waals surface area contributed by atoms with E-state index in [1.165, 1.54) is 0 Å². The molecule has 3 amide bonds. The molecule has 0 aromatic heterocycles. The van der Waals surface area contributed by atoms with Gasteiger partial charge in [0.15, 0.2) is 0 Å². The van der Waals surface area contributed by atoms with Crippen LogP contribution in [-0.2, 0) is 9.47 Å². The van der Waals surface area contributed by atoms with E-state index in [-0.39, 0.29) is 17.5 Å². The summed E-state index contributed by atoms with van der Waals surface area (Å²) in [7, 11) is 1.59. The van der Waals surface area contributed by atoms with Crippen molar-refractivity contribution in [2.45, 2.75) is 31.8 Å². The predicted octanol–water partition coefficient (Wildman–Crippen LogP) is 2.16. The van der Waals surface area contributed by atoms with E-state index in [0.717, 1.165) is 31.4 Å². The van der Waals surface area contributed by atoms with Crippen molar-refractivity contribution < 1.29 is 19.1 Å². The topological polar surface area (TPSA) is 79.9 Å². The summed E-state index contributed by atoms with van der Waals surface area (Å²) >= 11 is 0. The Labute approximate surface area is 154 Å². The number of carbonyl (C=O) groups is 2. The molecule has 2 saturated heterocycles. The lowest BCUT2D eigenvalue weighted by Crippen LogP contribution is -2.54. The van der Waals surface area contributed by atoms with Gasteiger partial charge in [0.05, 0.1) is 18.8 Å². The van der Waals surface area contributed by atoms with Gasteiger partial charge < -0.3 is 25.0 Å². The number of likely N-dealkylation sites (tertiary alicyclic amines) is 1. The summed E-state index contributed by atoms with van der Waals surface area (Å²) in [4.78, 5) is 26.7. The second kappa shape index (κ2) is 8.05. The van der Waals surface area contributed by atoms with E-state index >= 15 is 0 Å². The van der Waals surface area contributed by atoms with Gasteiger partial charge in [0.25, 0.3) is 5.91 Å². The number of nitrogens with one attached hydrogen (secondary N) is 2. The summed E-state index contributed by atoms with van der Waals surface area (Å²) in [5, 5.41) is 5.75. The van der Waals surface area contributed by atoms with Gasteiger partial charge in [0.2, 0.25) is 0 Å². The smallest absolute Gasteiger partial charge is 0.321 e. The van der Waals surface area contributed by atoms with Gasteiger partial charge >= 0.3 is 6.03 Å². The van der Waals surface area contributed by atoms with E-state index in [2.05, 4.69) is 10.6 Å². The minimum Gasteiger partial charge on any atom is -0.383 e. The van der Waals surface area contributed by atoms with Crippen molar-refractivity contribution in [1.82, 2.24) is 10.2 Å². The highest BCUT2D eigenvalue weighted by Gasteiger charge is 2.41. The van der Waals surface area contributed by atoms with Crippen molar-refractivity contribution in [3.05, 3.63) is 29.3 Å². The normalized spacial score (nSPS) is 18.3. The van der Waals surface area contributed by atoms with Gasteiger partial charge in [-0.15, -0.1) is 0 Å². The Morgan fingerprint density at radius 3 is 2.62 bits per heavy atom. The summed E-state index contributed by atoms with van der Waals surface area (Å²) < 4.78 is 10.6. The number of anilines is 1. The summed E-state index contributed by atoms with van der Waals surface area (Å²) in [5.41, 5.74) is 1.99. The molecule has 0 bridgehead atoms. The third-order valence-electron chi connectivity index (χ3n) is 5.34. The van der Waals surface area contributed by atoms with Crippen molar-refractivity contribution in [3.8, 4) is 0 Å². The molecule has 0 saturated carbocycles. The summed E-state index contributed by atoms with van der Waals surface area (Å²) in [6, 6.07) is 5.23. The van der Waals surface area contributed by atoms with E-state index in [9.17, 15) is 9.59 Å². The minimum atomic E-state index is -0.169. The summed E-state index contributed by atoms with van der Waals surface area (Å²) in [6.45, 7) is 4.98. The Balaban J connectivity index is 1.59. The number of hydrogen-bond acceptors (Lipinski definition) is 4. The lowest BCUT2D eigenvalue weighted by atomic mass is 9.84. The molecular weight excluding hydrogens is 334 g/mol. The number of methoxy groups -OCH3 is 1. The molecule has 7 nitrogen and oxygen atoms in total. The molecule has 3 rings (SSSR count). The lowest BCUT2D eigenvalue weighted by molar-refractivity contribution is -0.168. The lowest BCUT2D eigenvalue weighted by Gasteiger charge is -2.47. The first-order valence-corrected chi connectivity index (χ1v) is 9.11. The maximum Gasteiger partial charge on any atom is 0.321 e. The first-order chi connectivity index (χ1) is 12.5. The molecule has 2 heterocycles. The molecule has 0 aliphatic carbocycles. The Morgan fingerprint density at radius 1 is 1.27 bits per heavy atom. The minimum absolute atomic E-state index is 0.0207. The average Bonchev–Trinajstić information content (AvgIpc) is 2.62. The zero-order chi connectivity index (χ0) is 18.6. The van der Waals surface area contributed by atoms with E-state index in [1.54, 1.807) is 19.2 Å². The third kappa shape index (κ3) is 3.99. The van der Waals surface area contributed by atoms with E-state index < -0.39 is 0 Å². The third-order valence-corrected chi connectivity index (χ3v) is 5.34. The highest BCUT2D eigenvalue weighted by molar-refractivity contribution is 5.99. The van der Waals surface area contributed by atoms with Crippen LogP contribution in [0.15, 0.2) is 18.2 Å². The second-order valence-corrected chi connectivity index (χ2v) is 6.93. The van der Waals surface area contributed by atoms with E-state index in [1.807, 2.05) is 17.9 Å². The van der Waals surface area contributed by atoms with Gasteiger partial charge in [-0.05, 0) is 43.9 Å². The molecule has 26 heavy (non-hydrogen) atoms. The van der Waals surface area contributed by atoms with Crippen molar-refractivity contribution in [1.29, 1.82) is 0 Å². The average molecular weight is 361 g/mol. The molecule has 2 N–H and O–H groups in total. The number of benzene rings is 1. The fraction of sp³-hybridized carbons (Fsp3) is 0.579. The standard InChI is InChI=1S/C19H27N3O4/c1-14-15(17(23)20-9-13-25-2)4-3-5-16(14)21-18(24)22-10-6-19(7-11-22)8-12-26-19/h3-5H,6-13H2,1-2H3,(H,20,23)(H,21,24). The zero-order valence-electron chi connectivity index (χ0n) is 15.5. The Hall–Kier alpha value is -2.12. The van der Waals surface area contributed by atoms with Crippen LogP contribution in [0.25, 0.3) is 0 Å². The number of rotatable bonds is 5. The number of ether oxygens (including phenoxy) is 2. The van der Waals surface area contributed by atoms with Crippen LogP contribution in [0.3, 0.4) is 0 Å². The molecular formula is C19H27N3O4. The van der Waals surface area contributed by atoms with Crippen LogP contribution in [0.1, 0.15) is 35.2 Å². The van der Waals surface area contributed by atoms with Crippen molar-refractivity contribution in [2.24, 2.45) is 0 Å². The molecule has 2 aliphatic heterocycles. The van der Waals surface area contributed by atoms with E-state index in [0.29, 0.717) is 37.5 Å². The molecule has 2 fully saturated rings. The van der Waals surface area contributed by atoms with Gasteiger partial charge in [-0.25, -0.2) is 4.79 Å². The Kier molecular flexibility index (Phi) is 5.78. The van der Waals surface area contributed by atoms with Crippen molar-refractivity contribution in [3.63, 3.8) is 0 Å². The maximum atomic E-state index is 12.6. The molecule has 7 heteroatoms. The first kappa shape index (κ1) is 18.7. The monoisotopic (exact) mass is 361 g/mol. The summed E-state index contributed by atoms with van der Waals surface area (Å²) in [5.74, 6) is -0.169. The molecule has 2 aliphatic rings. The fourth-order valence-corrected chi connectivity index (χ4v) is 3.48. The number of nitrogens with zero attached hydrogens (tertiary/aromatic N) is 1. The SMILES string of the molecule is COCCNC(=O)c1cccc(NC(=O)N2CCC3(CCO3)CC2)c1C. The molecule has 0 atom stereocenters. The highest BCUT2D eigenvalue weighted by Crippen LogP contribution is 2.36. The van der Waals surface area contributed by atoms with Crippen LogP contribution in [0.2, 0.25) is 0 Å². The number of urea groups is 1. The molecule has 1 spiro atoms. The van der Waals surface area contributed by atoms with Gasteiger partial charge in [-0.2, -0.15) is 0 Å². The zero-order valence-corrected chi connectivity index (χ0v) is 15.5. The number of hydrogen-bond donors (Lipinski definition) is 2. The summed E-state index contributed by atoms with van der Waals surface area (Å²) in [6.07, 6.45) is 2.88. The Bertz CT molecular complexity index is 663. The highest BCUT2D eigenvalue weighted by atomic mass is 16.5. The molecule has 1 aromatic rings. The van der Waals surface area contributed by atoms with Crippen LogP contribution in [0, 0.1) is 6.92 Å². The van der Waals surface area contributed by atoms with Gasteiger partial charge in [0, 0.05) is 38.0 Å². The van der Waals surface area contributed by atoms with Crippen LogP contribution in [0.5, 0.6) is 0 Å². The molecule has 0 radical (unpaired) electrons. The first-order valence-electron chi connectivity index (χ1n) is 9.11. The van der Waals surface area contributed by atoms with Crippen LogP contribution >= 0.6 is 0 Å². The largest absolute Gasteiger partial charge is 0.383 e. The van der Waals surface area contributed by atoms with Crippen LogP contribution in [0.4, 0.5) is 10.5 Å². The van der Waals surface area contributed by atoms with Crippen LogP contribution in [-0.4, -0.2) is 62.4 Å². The van der Waals surface area contributed by atoms with Crippen molar-refractivity contribution in [2.75, 3.05) is 45.3 Å². The fourth-order valence-electron chi connectivity index (χ4n) is 3.48. The second-order valence-electron chi connectivity index (χ2n) is 6.93. The van der Waals surface area contributed by atoms with Gasteiger partial charge in [0.1, 0.15) is 0 Å². The van der Waals surface area contributed by atoms with Gasteiger partial charge in [-0.1, -0.05) is 6.07 Å². The Morgan fingerprint density at radius 2 is 2.00 bits per heavy atom. The van der Waals surface area contributed by atoms with E-state index in [4.69, 9.17) is 9.47 Å². The quantitative estimate of drug-likeness (QED) is 0.788. The molecule has 0 unspecified atom stereocenters. The molecule has 1 aromatic carbocycles. The van der Waals surface area contributed by atoms with Gasteiger partial charge in [-0.3, -0.25) is 4.79 Å². The number of amides is 3. The maximum absolute atomic E-state index is 12.6. The number of carbonyl (C=O) groups excluding carboxylic acids is 2. The van der Waals surface area contributed by atoms with Crippen LogP contribution < -0.4 is 10.6 Å². The molecule has 142 valence electrons. The number of piperidine rings is 1. The van der Waals surface area contributed by atoms with Crippen molar-refractivity contribution >= 4 is 17.6 Å².